The van der Waals surface area contributed by atoms with Crippen molar-refractivity contribution in [2.75, 3.05) is 5.32 Å². The smallest absolute Gasteiger partial charge is 0.310 e. The summed E-state index contributed by atoms with van der Waals surface area (Å²) >= 11 is 5.66. The summed E-state index contributed by atoms with van der Waals surface area (Å²) in [6.45, 7) is -0.118. The number of anilines is 1. The molecule has 0 fully saturated rings. The number of nitro groups is 1. The fourth-order valence-corrected chi connectivity index (χ4v) is 2.39. The highest BCUT2D eigenvalue weighted by atomic mass is 35.5. The van der Waals surface area contributed by atoms with Crippen LogP contribution in [0.4, 0.5) is 15.8 Å². The minimum atomic E-state index is -0.678. The zero-order valence-electron chi connectivity index (χ0n) is 13.6. The minimum Gasteiger partial charge on any atom is -0.479 e. The lowest BCUT2D eigenvalue weighted by molar-refractivity contribution is -0.386. The first-order valence-corrected chi connectivity index (χ1v) is 8.03. The van der Waals surface area contributed by atoms with Gasteiger partial charge in [-0.1, -0.05) is 23.7 Å². The van der Waals surface area contributed by atoms with Crippen molar-refractivity contribution in [3.05, 3.63) is 87.1 Å². The van der Waals surface area contributed by atoms with Gasteiger partial charge in [0, 0.05) is 11.1 Å². The van der Waals surface area contributed by atoms with Gasteiger partial charge in [0.25, 0.3) is 5.91 Å². The van der Waals surface area contributed by atoms with Crippen LogP contribution in [0.15, 0.2) is 59.0 Å². The third-order valence-electron chi connectivity index (χ3n) is 3.50. The molecule has 0 atom stereocenters. The Morgan fingerprint density at radius 3 is 2.74 bits per heavy atom. The number of rotatable bonds is 6. The number of amides is 1. The van der Waals surface area contributed by atoms with Crippen molar-refractivity contribution in [3.63, 3.8) is 0 Å². The van der Waals surface area contributed by atoms with Crippen molar-refractivity contribution >= 4 is 28.9 Å². The van der Waals surface area contributed by atoms with Gasteiger partial charge < -0.3 is 14.5 Å². The van der Waals surface area contributed by atoms with Gasteiger partial charge in [-0.3, -0.25) is 14.9 Å². The molecule has 9 heteroatoms. The first-order valence-electron chi connectivity index (χ1n) is 7.65. The second-order valence-electron chi connectivity index (χ2n) is 5.36. The lowest BCUT2D eigenvalue weighted by Crippen LogP contribution is -2.12. The number of nitro benzene ring substituents is 1. The molecule has 27 heavy (non-hydrogen) atoms. The van der Waals surface area contributed by atoms with Crippen LogP contribution in [0.3, 0.4) is 0 Å². The lowest BCUT2D eigenvalue weighted by Gasteiger charge is -2.05. The molecular formula is C18H12ClFN2O5. The Hall–Kier alpha value is -3.39. The number of benzene rings is 2. The zero-order valence-corrected chi connectivity index (χ0v) is 14.4. The molecule has 1 amide bonds. The Labute approximate surface area is 157 Å². The Kier molecular flexibility index (Phi) is 5.37. The van der Waals surface area contributed by atoms with Crippen LogP contribution in [-0.2, 0) is 6.61 Å². The molecule has 0 aliphatic rings. The van der Waals surface area contributed by atoms with Crippen LogP contribution < -0.4 is 10.1 Å². The highest BCUT2D eigenvalue weighted by molar-refractivity contribution is 6.30. The van der Waals surface area contributed by atoms with E-state index in [0.717, 1.165) is 6.07 Å². The summed E-state index contributed by atoms with van der Waals surface area (Å²) in [6.07, 6.45) is 0. The molecule has 1 heterocycles. The Morgan fingerprint density at radius 1 is 1.22 bits per heavy atom. The molecule has 3 rings (SSSR count). The number of nitrogens with one attached hydrogen (secondary N) is 1. The van der Waals surface area contributed by atoms with E-state index < -0.39 is 16.6 Å². The number of furan rings is 1. The van der Waals surface area contributed by atoms with E-state index in [0.29, 0.717) is 0 Å². The second kappa shape index (κ2) is 7.88. The maximum absolute atomic E-state index is 13.7. The molecule has 0 saturated heterocycles. The van der Waals surface area contributed by atoms with Gasteiger partial charge in [0.15, 0.2) is 11.5 Å². The summed E-state index contributed by atoms with van der Waals surface area (Å²) in [5, 5.41) is 13.5. The highest BCUT2D eigenvalue weighted by Crippen LogP contribution is 2.27. The van der Waals surface area contributed by atoms with Gasteiger partial charge in [0.05, 0.1) is 10.6 Å². The van der Waals surface area contributed by atoms with Crippen LogP contribution >= 0.6 is 11.6 Å². The van der Waals surface area contributed by atoms with E-state index in [9.17, 15) is 19.3 Å². The van der Waals surface area contributed by atoms with E-state index in [1.54, 1.807) is 6.07 Å². The molecule has 138 valence electrons. The molecule has 2 aromatic carbocycles. The van der Waals surface area contributed by atoms with Gasteiger partial charge >= 0.3 is 5.69 Å². The van der Waals surface area contributed by atoms with Crippen molar-refractivity contribution in [1.29, 1.82) is 0 Å². The number of carbonyl (C=O) groups excluding carboxylic acids is 1. The van der Waals surface area contributed by atoms with Crippen LogP contribution in [0.2, 0.25) is 5.02 Å². The van der Waals surface area contributed by atoms with Gasteiger partial charge in [-0.05, 0) is 36.4 Å². The first kappa shape index (κ1) is 18.4. The number of nitrogens with zero attached hydrogens (tertiary/aromatic N) is 1. The summed E-state index contributed by atoms with van der Waals surface area (Å²) in [5.41, 5.74) is -0.223. The first-order chi connectivity index (χ1) is 12.9. The van der Waals surface area contributed by atoms with Crippen LogP contribution in [0.25, 0.3) is 0 Å². The average Bonchev–Trinajstić information content (AvgIpc) is 3.11. The molecule has 7 nitrogen and oxygen atoms in total. The second-order valence-corrected chi connectivity index (χ2v) is 5.79. The van der Waals surface area contributed by atoms with E-state index in [-0.39, 0.29) is 40.3 Å². The largest absolute Gasteiger partial charge is 0.479 e. The zero-order chi connectivity index (χ0) is 19.4. The maximum Gasteiger partial charge on any atom is 0.310 e. The molecule has 0 aliphatic carbocycles. The predicted octanol–water partition coefficient (Wildman–Crippen LogP) is 4.81. The van der Waals surface area contributed by atoms with Crippen LogP contribution in [-0.4, -0.2) is 10.8 Å². The summed E-state index contributed by atoms with van der Waals surface area (Å²) in [7, 11) is 0. The van der Waals surface area contributed by atoms with Crippen LogP contribution in [0.1, 0.15) is 16.3 Å². The molecule has 0 radical (unpaired) electrons. The van der Waals surface area contributed by atoms with E-state index in [1.807, 2.05) is 0 Å². The van der Waals surface area contributed by atoms with Gasteiger partial charge in [0.2, 0.25) is 0 Å². The summed E-state index contributed by atoms with van der Waals surface area (Å²) in [6, 6.07) is 12.6. The molecule has 0 bridgehead atoms. The number of ether oxygens (including phenoxy) is 1. The lowest BCUT2D eigenvalue weighted by atomic mass is 10.3. The van der Waals surface area contributed by atoms with Gasteiger partial charge in [-0.25, -0.2) is 4.39 Å². The molecule has 1 N–H and O–H groups in total. The van der Waals surface area contributed by atoms with Crippen molar-refractivity contribution in [2.24, 2.45) is 0 Å². The van der Waals surface area contributed by atoms with Crippen molar-refractivity contribution in [1.82, 2.24) is 0 Å². The van der Waals surface area contributed by atoms with E-state index in [1.165, 1.54) is 42.5 Å². The van der Waals surface area contributed by atoms with Crippen molar-refractivity contribution in [3.8, 4) is 5.75 Å². The maximum atomic E-state index is 13.7. The molecule has 0 saturated carbocycles. The number of hydrogen-bond donors (Lipinski definition) is 1. The van der Waals surface area contributed by atoms with E-state index in [4.69, 9.17) is 20.8 Å². The summed E-state index contributed by atoms with van der Waals surface area (Å²) in [4.78, 5) is 22.5. The summed E-state index contributed by atoms with van der Waals surface area (Å²) < 4.78 is 24.5. The Balaban J connectivity index is 1.66. The Morgan fingerprint density at radius 2 is 2.00 bits per heavy atom. The van der Waals surface area contributed by atoms with Crippen molar-refractivity contribution in [2.45, 2.75) is 6.61 Å². The molecule has 0 unspecified atom stereocenters. The fourth-order valence-electron chi connectivity index (χ4n) is 2.23. The summed E-state index contributed by atoms with van der Waals surface area (Å²) in [5.74, 6) is -1.05. The molecular weight excluding hydrogens is 379 g/mol. The fraction of sp³-hybridized carbons (Fsp3) is 0.0556. The quantitative estimate of drug-likeness (QED) is 0.481. The number of para-hydroxylation sites is 2. The average molecular weight is 391 g/mol. The third-order valence-corrected chi connectivity index (χ3v) is 3.73. The standard InChI is InChI=1S/C18H12ClFN2O5/c19-11-5-7-14(13(20)9-11)21-18(23)17-8-6-12(27-17)10-26-16-4-2-1-3-15(16)22(24)25/h1-9H,10H2,(H,21,23). The monoisotopic (exact) mass is 390 g/mol. The SMILES string of the molecule is O=C(Nc1ccc(Cl)cc1F)c1ccc(COc2ccccc2[N+](=O)[O-])o1. The Bertz CT molecular complexity index is 1000. The van der Waals surface area contributed by atoms with Crippen LogP contribution in [0, 0.1) is 15.9 Å². The number of hydrogen-bond acceptors (Lipinski definition) is 5. The number of halogens is 2. The van der Waals surface area contributed by atoms with Gasteiger partial charge in [0.1, 0.15) is 18.2 Å². The molecule has 0 spiro atoms. The molecule has 0 aliphatic heterocycles. The van der Waals surface area contributed by atoms with E-state index in [2.05, 4.69) is 5.32 Å². The predicted molar refractivity (Wildman–Crippen MR) is 95.5 cm³/mol. The molecule has 1 aromatic heterocycles. The van der Waals surface area contributed by atoms with E-state index >= 15 is 0 Å². The van der Waals surface area contributed by atoms with Crippen molar-refractivity contribution < 1.29 is 23.3 Å². The highest BCUT2D eigenvalue weighted by Gasteiger charge is 2.16. The normalized spacial score (nSPS) is 10.4. The van der Waals surface area contributed by atoms with Gasteiger partial charge in [-0.2, -0.15) is 0 Å². The minimum absolute atomic E-state index is 0.0430. The molecule has 3 aromatic rings. The van der Waals surface area contributed by atoms with Crippen LogP contribution in [0.5, 0.6) is 5.75 Å². The van der Waals surface area contributed by atoms with Gasteiger partial charge in [-0.15, -0.1) is 0 Å². The third kappa shape index (κ3) is 4.42. The number of carbonyl (C=O) groups is 1. The topological polar surface area (TPSA) is 94.6 Å².